The summed E-state index contributed by atoms with van der Waals surface area (Å²) in [5, 5.41) is 8.42. The first kappa shape index (κ1) is 17.0. The number of hydrogen-bond donors (Lipinski definition) is 1. The summed E-state index contributed by atoms with van der Waals surface area (Å²) >= 11 is 1.96. The van der Waals surface area contributed by atoms with E-state index >= 15 is 0 Å². The highest BCUT2D eigenvalue weighted by Crippen LogP contribution is 2.43. The smallest absolute Gasteiger partial charge is 0.128 e. The van der Waals surface area contributed by atoms with E-state index in [-0.39, 0.29) is 0 Å². The first-order chi connectivity index (χ1) is 12.6. The molecule has 1 aromatic heterocycles. The predicted octanol–water partition coefficient (Wildman–Crippen LogP) is 5.08. The molecule has 0 aliphatic carbocycles. The highest BCUT2D eigenvalue weighted by atomic mass is 32.2. The van der Waals surface area contributed by atoms with Gasteiger partial charge < -0.3 is 10.1 Å². The number of rotatable bonds is 3. The molecule has 2 heterocycles. The van der Waals surface area contributed by atoms with Crippen molar-refractivity contribution in [2.75, 3.05) is 17.6 Å². The summed E-state index contributed by atoms with van der Waals surface area (Å²) in [6, 6.07) is 16.6. The maximum atomic E-state index is 5.96. The van der Waals surface area contributed by atoms with Crippen LogP contribution in [0.25, 0.3) is 0 Å². The number of hydrogen-bond acceptors (Lipinski definition) is 4. The number of thioether (sulfide) groups is 1. The van der Waals surface area contributed by atoms with Crippen molar-refractivity contribution in [1.82, 2.24) is 9.78 Å². The summed E-state index contributed by atoms with van der Waals surface area (Å²) in [5.74, 6) is 3.93. The van der Waals surface area contributed by atoms with E-state index in [4.69, 9.17) is 4.74 Å². The topological polar surface area (TPSA) is 39.1 Å². The van der Waals surface area contributed by atoms with Crippen LogP contribution >= 0.6 is 11.8 Å². The van der Waals surface area contributed by atoms with Gasteiger partial charge in [0, 0.05) is 24.9 Å². The fraction of sp³-hybridized carbons (Fsp3) is 0.286. The zero-order valence-corrected chi connectivity index (χ0v) is 16.1. The lowest BCUT2D eigenvalue weighted by molar-refractivity contribution is 0.482. The van der Waals surface area contributed by atoms with Gasteiger partial charge in [0.1, 0.15) is 17.3 Å². The highest BCUT2D eigenvalue weighted by Gasteiger charge is 2.26. The molecule has 0 saturated carbocycles. The quantitative estimate of drug-likeness (QED) is 0.703. The second-order valence-corrected chi connectivity index (χ2v) is 7.85. The third-order valence-corrected chi connectivity index (χ3v) is 5.93. The highest BCUT2D eigenvalue weighted by molar-refractivity contribution is 7.99. The molecule has 1 unspecified atom stereocenters. The average Bonchev–Trinajstić information content (AvgIpc) is 2.82. The van der Waals surface area contributed by atoms with Gasteiger partial charge in [-0.25, -0.2) is 0 Å². The van der Waals surface area contributed by atoms with E-state index in [0.29, 0.717) is 5.25 Å². The van der Waals surface area contributed by atoms with Crippen LogP contribution in [0.4, 0.5) is 5.82 Å². The number of nitrogens with zero attached hydrogens (tertiary/aromatic N) is 2. The second-order valence-electron chi connectivity index (χ2n) is 6.63. The minimum atomic E-state index is 0.294. The van der Waals surface area contributed by atoms with Crippen molar-refractivity contribution in [1.29, 1.82) is 0 Å². The first-order valence-corrected chi connectivity index (χ1v) is 9.90. The third kappa shape index (κ3) is 3.31. The Morgan fingerprint density at radius 1 is 1.04 bits per heavy atom. The number of ether oxygens (including phenoxy) is 1. The lowest BCUT2D eigenvalue weighted by Gasteiger charge is -2.16. The van der Waals surface area contributed by atoms with Crippen molar-refractivity contribution >= 4 is 17.6 Å². The summed E-state index contributed by atoms with van der Waals surface area (Å²) in [6.07, 6.45) is 0. The van der Waals surface area contributed by atoms with E-state index < -0.39 is 0 Å². The zero-order valence-electron chi connectivity index (χ0n) is 15.3. The van der Waals surface area contributed by atoms with Crippen molar-refractivity contribution in [3.05, 3.63) is 70.9 Å². The summed E-state index contributed by atoms with van der Waals surface area (Å²) in [6.45, 7) is 5.13. The van der Waals surface area contributed by atoms with E-state index in [0.717, 1.165) is 35.3 Å². The molecule has 0 amide bonds. The molecule has 4 nitrogen and oxygen atoms in total. The van der Waals surface area contributed by atoms with Crippen LogP contribution in [-0.2, 0) is 7.05 Å². The van der Waals surface area contributed by atoms with Gasteiger partial charge in [-0.05, 0) is 43.7 Å². The molecular formula is C21H23N3OS. The maximum Gasteiger partial charge on any atom is 0.128 e. The van der Waals surface area contributed by atoms with Crippen LogP contribution in [0.2, 0.25) is 0 Å². The second kappa shape index (κ2) is 7.08. The van der Waals surface area contributed by atoms with Crippen LogP contribution < -0.4 is 10.1 Å². The largest absolute Gasteiger partial charge is 0.457 e. The van der Waals surface area contributed by atoms with Crippen LogP contribution in [0.15, 0.2) is 48.5 Å². The van der Waals surface area contributed by atoms with Crippen LogP contribution in [-0.4, -0.2) is 22.1 Å². The SMILES string of the molecule is Cc1ccc(Oc2ccc(C3SCCNc4c3c(C)nn4C)cc2)cc1. The summed E-state index contributed by atoms with van der Waals surface area (Å²) < 4.78 is 7.92. The number of anilines is 1. The van der Waals surface area contributed by atoms with Gasteiger partial charge in [0.2, 0.25) is 0 Å². The van der Waals surface area contributed by atoms with Gasteiger partial charge in [-0.15, -0.1) is 11.8 Å². The molecule has 1 aliphatic rings. The van der Waals surface area contributed by atoms with Gasteiger partial charge in [0.05, 0.1) is 10.9 Å². The molecule has 1 aliphatic heterocycles. The molecule has 26 heavy (non-hydrogen) atoms. The molecule has 0 spiro atoms. The number of aryl methyl sites for hydroxylation is 3. The Hall–Kier alpha value is -2.40. The Balaban J connectivity index is 1.60. The van der Waals surface area contributed by atoms with E-state index in [1.165, 1.54) is 16.7 Å². The fourth-order valence-electron chi connectivity index (χ4n) is 3.34. The van der Waals surface area contributed by atoms with E-state index in [2.05, 4.69) is 60.7 Å². The molecule has 1 atom stereocenters. The van der Waals surface area contributed by atoms with Crippen molar-refractivity contribution in [2.45, 2.75) is 19.1 Å². The minimum Gasteiger partial charge on any atom is -0.457 e. The Morgan fingerprint density at radius 2 is 1.69 bits per heavy atom. The standard InChI is InChI=1S/C21H23N3OS/c1-14-4-8-17(9-5-14)25-18-10-6-16(7-11-18)20-19-15(2)23-24(3)21(19)22-12-13-26-20/h4-11,20,22H,12-13H2,1-3H3. The summed E-state index contributed by atoms with van der Waals surface area (Å²) in [5.41, 5.74) is 4.90. The monoisotopic (exact) mass is 365 g/mol. The normalized spacial score (nSPS) is 16.5. The van der Waals surface area contributed by atoms with Crippen molar-refractivity contribution in [2.24, 2.45) is 7.05 Å². The minimum absolute atomic E-state index is 0.294. The first-order valence-electron chi connectivity index (χ1n) is 8.85. The molecule has 5 heteroatoms. The van der Waals surface area contributed by atoms with Gasteiger partial charge in [-0.2, -0.15) is 5.10 Å². The van der Waals surface area contributed by atoms with Gasteiger partial charge in [0.15, 0.2) is 0 Å². The Bertz CT molecular complexity index is 900. The molecule has 0 bridgehead atoms. The number of fused-ring (bicyclic) bond motifs is 1. The molecule has 0 radical (unpaired) electrons. The number of benzene rings is 2. The molecule has 134 valence electrons. The third-order valence-electron chi connectivity index (χ3n) is 4.65. The van der Waals surface area contributed by atoms with E-state index in [1.807, 2.05) is 35.6 Å². The van der Waals surface area contributed by atoms with Crippen LogP contribution in [0, 0.1) is 13.8 Å². The molecular weight excluding hydrogens is 342 g/mol. The fourth-order valence-corrected chi connectivity index (χ4v) is 4.60. The lowest BCUT2D eigenvalue weighted by Crippen LogP contribution is -2.06. The number of nitrogens with one attached hydrogen (secondary N) is 1. The van der Waals surface area contributed by atoms with Crippen LogP contribution in [0.3, 0.4) is 0 Å². The van der Waals surface area contributed by atoms with E-state index in [1.54, 1.807) is 0 Å². The van der Waals surface area contributed by atoms with Gasteiger partial charge in [-0.1, -0.05) is 29.8 Å². The van der Waals surface area contributed by atoms with Crippen molar-refractivity contribution < 1.29 is 4.74 Å². The zero-order chi connectivity index (χ0) is 18.1. The van der Waals surface area contributed by atoms with Gasteiger partial charge in [-0.3, -0.25) is 4.68 Å². The maximum absolute atomic E-state index is 5.96. The average molecular weight is 366 g/mol. The molecule has 4 rings (SSSR count). The van der Waals surface area contributed by atoms with Crippen LogP contribution in [0.5, 0.6) is 11.5 Å². The summed E-state index contributed by atoms with van der Waals surface area (Å²) in [4.78, 5) is 0. The van der Waals surface area contributed by atoms with Crippen LogP contribution in [0.1, 0.15) is 27.6 Å². The Labute approximate surface area is 158 Å². The molecule has 0 fully saturated rings. The lowest BCUT2D eigenvalue weighted by atomic mass is 10.0. The predicted molar refractivity (Wildman–Crippen MR) is 108 cm³/mol. The molecule has 2 aromatic carbocycles. The van der Waals surface area contributed by atoms with Crippen molar-refractivity contribution in [3.8, 4) is 11.5 Å². The molecule has 0 saturated heterocycles. The Kier molecular flexibility index (Phi) is 4.64. The summed E-state index contributed by atoms with van der Waals surface area (Å²) in [7, 11) is 2.00. The van der Waals surface area contributed by atoms with Gasteiger partial charge >= 0.3 is 0 Å². The van der Waals surface area contributed by atoms with Crippen molar-refractivity contribution in [3.63, 3.8) is 0 Å². The number of aromatic nitrogens is 2. The molecule has 1 N–H and O–H groups in total. The van der Waals surface area contributed by atoms with Gasteiger partial charge in [0.25, 0.3) is 0 Å². The van der Waals surface area contributed by atoms with E-state index in [9.17, 15) is 0 Å². The Morgan fingerprint density at radius 3 is 2.38 bits per heavy atom. The molecule has 3 aromatic rings.